The summed E-state index contributed by atoms with van der Waals surface area (Å²) in [5, 5.41) is 3.83. The van der Waals surface area contributed by atoms with Crippen molar-refractivity contribution in [2.75, 3.05) is 13.2 Å². The van der Waals surface area contributed by atoms with E-state index in [1.165, 1.54) is 0 Å². The fourth-order valence-corrected chi connectivity index (χ4v) is 4.96. The average Bonchev–Trinajstić information content (AvgIpc) is 2.97. The molecule has 0 aliphatic carbocycles. The van der Waals surface area contributed by atoms with Gasteiger partial charge in [-0.15, -0.1) is 22.7 Å². The first-order valence-electron chi connectivity index (χ1n) is 5.33. The highest BCUT2D eigenvalue weighted by molar-refractivity contribution is 8.77. The molecule has 2 rings (SSSR count). The van der Waals surface area contributed by atoms with Gasteiger partial charge >= 0.3 is 0 Å². The van der Waals surface area contributed by atoms with Crippen molar-refractivity contribution >= 4 is 44.3 Å². The Hall–Kier alpha value is -0.440. The van der Waals surface area contributed by atoms with E-state index in [9.17, 15) is 0 Å². The Kier molecular flexibility index (Phi) is 5.61. The minimum atomic E-state index is 0.644. The molecule has 0 N–H and O–H groups in total. The molecular weight excluding hydrogens is 308 g/mol. The number of nitrogens with zero attached hydrogens (tertiary/aromatic N) is 2. The number of rotatable bonds is 7. The molecule has 2 heterocycles. The number of hydrogen-bond acceptors (Lipinski definition) is 8. The van der Waals surface area contributed by atoms with Crippen molar-refractivity contribution in [2.24, 2.45) is 0 Å². The van der Waals surface area contributed by atoms with Crippen molar-refractivity contribution < 1.29 is 9.47 Å². The van der Waals surface area contributed by atoms with Crippen LogP contribution in [0.15, 0.2) is 19.4 Å². The van der Waals surface area contributed by atoms with Gasteiger partial charge in [-0.05, 0) is 35.4 Å². The van der Waals surface area contributed by atoms with Crippen LogP contribution in [0.3, 0.4) is 0 Å². The topological polar surface area (TPSA) is 44.2 Å². The van der Waals surface area contributed by atoms with Crippen LogP contribution in [-0.4, -0.2) is 23.2 Å². The van der Waals surface area contributed by atoms with E-state index in [0.29, 0.717) is 25.0 Å². The molecule has 0 aliphatic rings. The van der Waals surface area contributed by atoms with Crippen LogP contribution in [0.5, 0.6) is 11.8 Å². The summed E-state index contributed by atoms with van der Waals surface area (Å²) in [6.07, 6.45) is 0. The summed E-state index contributed by atoms with van der Waals surface area (Å²) in [5.74, 6) is 1.39. The zero-order valence-electron chi connectivity index (χ0n) is 9.91. The van der Waals surface area contributed by atoms with Gasteiger partial charge < -0.3 is 9.47 Å². The van der Waals surface area contributed by atoms with Crippen LogP contribution in [0.1, 0.15) is 13.8 Å². The summed E-state index contributed by atoms with van der Waals surface area (Å²) < 4.78 is 12.6. The average molecular weight is 320 g/mol. The van der Waals surface area contributed by atoms with E-state index in [1.54, 1.807) is 44.3 Å². The van der Waals surface area contributed by atoms with Crippen molar-refractivity contribution in [2.45, 2.75) is 22.5 Å². The van der Waals surface area contributed by atoms with Crippen molar-refractivity contribution in [1.82, 2.24) is 9.97 Å². The van der Waals surface area contributed by atoms with Crippen LogP contribution in [0.2, 0.25) is 0 Å². The van der Waals surface area contributed by atoms with Crippen LogP contribution in [0.25, 0.3) is 0 Å². The van der Waals surface area contributed by atoms with E-state index >= 15 is 0 Å². The molecule has 0 amide bonds. The Morgan fingerprint density at radius 3 is 1.78 bits per heavy atom. The van der Waals surface area contributed by atoms with Gasteiger partial charge in [0, 0.05) is 0 Å². The predicted molar refractivity (Wildman–Crippen MR) is 78.3 cm³/mol. The Morgan fingerprint density at radius 1 is 0.944 bits per heavy atom. The maximum Gasteiger partial charge on any atom is 0.225 e. The second-order valence-electron chi connectivity index (χ2n) is 2.94. The molecule has 18 heavy (non-hydrogen) atoms. The number of aromatic nitrogens is 2. The smallest absolute Gasteiger partial charge is 0.225 e. The maximum absolute atomic E-state index is 5.32. The lowest BCUT2D eigenvalue weighted by molar-refractivity contribution is 0.327. The van der Waals surface area contributed by atoms with Crippen molar-refractivity contribution in [1.29, 1.82) is 0 Å². The van der Waals surface area contributed by atoms with Gasteiger partial charge in [-0.1, -0.05) is 0 Å². The number of ether oxygens (including phenoxy) is 2. The molecule has 4 nitrogen and oxygen atoms in total. The van der Waals surface area contributed by atoms with Crippen LogP contribution in [0, 0.1) is 0 Å². The molecule has 2 aromatic heterocycles. The highest BCUT2D eigenvalue weighted by Gasteiger charge is 2.07. The van der Waals surface area contributed by atoms with Crippen molar-refractivity contribution in [3.8, 4) is 11.8 Å². The Labute approximate surface area is 122 Å². The predicted octanol–water partition coefficient (Wildman–Crippen LogP) is 4.20. The minimum Gasteiger partial charge on any atom is -0.477 e. The van der Waals surface area contributed by atoms with Gasteiger partial charge in [0.05, 0.1) is 24.0 Å². The molecule has 0 fully saturated rings. The van der Waals surface area contributed by atoms with Gasteiger partial charge in [-0.2, -0.15) is 9.97 Å². The molecule has 0 saturated carbocycles. The van der Waals surface area contributed by atoms with Gasteiger partial charge in [0.15, 0.2) is 8.68 Å². The lowest BCUT2D eigenvalue weighted by atomic mass is 10.8. The molecule has 0 radical (unpaired) electrons. The largest absolute Gasteiger partial charge is 0.477 e. The molecule has 98 valence electrons. The standard InChI is InChI=1S/C10H12N2O2S4/c1-3-13-7-5-15-9(11-7)17-18-10-12-8(6-16-10)14-4-2/h5-6H,3-4H2,1-2H3. The van der Waals surface area contributed by atoms with E-state index in [1.807, 2.05) is 24.6 Å². The van der Waals surface area contributed by atoms with E-state index in [0.717, 1.165) is 8.68 Å². The molecule has 0 unspecified atom stereocenters. The number of hydrogen-bond donors (Lipinski definition) is 0. The van der Waals surface area contributed by atoms with E-state index in [2.05, 4.69) is 9.97 Å². The summed E-state index contributed by atoms with van der Waals surface area (Å²) in [4.78, 5) is 8.68. The third-order valence-electron chi connectivity index (χ3n) is 1.69. The fourth-order valence-electron chi connectivity index (χ4n) is 1.06. The van der Waals surface area contributed by atoms with Gasteiger partial charge in [-0.3, -0.25) is 0 Å². The monoisotopic (exact) mass is 320 g/mol. The highest BCUT2D eigenvalue weighted by Crippen LogP contribution is 2.41. The zero-order chi connectivity index (χ0) is 12.8. The van der Waals surface area contributed by atoms with Crippen molar-refractivity contribution in [3.63, 3.8) is 0 Å². The van der Waals surface area contributed by atoms with E-state index in [-0.39, 0.29) is 0 Å². The molecular formula is C10H12N2O2S4. The zero-order valence-corrected chi connectivity index (χ0v) is 13.2. The molecule has 0 bridgehead atoms. The van der Waals surface area contributed by atoms with E-state index < -0.39 is 0 Å². The first-order chi connectivity index (χ1) is 8.81. The van der Waals surface area contributed by atoms with Gasteiger partial charge in [-0.25, -0.2) is 0 Å². The van der Waals surface area contributed by atoms with Gasteiger partial charge in [0.1, 0.15) is 0 Å². The van der Waals surface area contributed by atoms with Crippen molar-refractivity contribution in [3.05, 3.63) is 10.8 Å². The summed E-state index contributed by atoms with van der Waals surface area (Å²) in [6.45, 7) is 5.19. The molecule has 0 atom stereocenters. The molecule has 8 heteroatoms. The second kappa shape index (κ2) is 7.22. The lowest BCUT2D eigenvalue weighted by Crippen LogP contribution is -1.90. The Morgan fingerprint density at radius 2 is 1.39 bits per heavy atom. The minimum absolute atomic E-state index is 0.644. The van der Waals surface area contributed by atoms with Gasteiger partial charge in [0.25, 0.3) is 0 Å². The summed E-state index contributed by atoms with van der Waals surface area (Å²) in [5.41, 5.74) is 0. The summed E-state index contributed by atoms with van der Waals surface area (Å²) >= 11 is 3.15. The molecule has 2 aromatic rings. The first-order valence-corrected chi connectivity index (χ1v) is 9.24. The highest BCUT2D eigenvalue weighted by atomic mass is 33.1. The lowest BCUT2D eigenvalue weighted by Gasteiger charge is -1.95. The van der Waals surface area contributed by atoms with Gasteiger partial charge in [0.2, 0.25) is 11.8 Å². The Balaban J connectivity index is 1.85. The number of thiazole rings is 2. The Bertz CT molecular complexity index is 441. The summed E-state index contributed by atoms with van der Waals surface area (Å²) in [7, 11) is 3.18. The quantitative estimate of drug-likeness (QED) is 0.713. The SMILES string of the molecule is CCOc1csc(SSc2nc(OCC)cs2)n1. The van der Waals surface area contributed by atoms with Crippen LogP contribution in [-0.2, 0) is 0 Å². The molecule has 0 aromatic carbocycles. The molecule has 0 saturated heterocycles. The summed E-state index contributed by atoms with van der Waals surface area (Å²) in [6, 6.07) is 0. The normalized spacial score (nSPS) is 10.6. The third-order valence-corrected chi connectivity index (χ3v) is 6.38. The van der Waals surface area contributed by atoms with Crippen LogP contribution >= 0.6 is 44.3 Å². The van der Waals surface area contributed by atoms with Crippen LogP contribution in [0.4, 0.5) is 0 Å². The molecule has 0 spiro atoms. The fraction of sp³-hybridized carbons (Fsp3) is 0.400. The second-order valence-corrected chi connectivity index (χ2v) is 7.28. The van der Waals surface area contributed by atoms with Crippen LogP contribution < -0.4 is 9.47 Å². The maximum atomic E-state index is 5.32. The third kappa shape index (κ3) is 4.04. The molecule has 0 aliphatic heterocycles. The first kappa shape index (κ1) is 14.0. The van der Waals surface area contributed by atoms with E-state index in [4.69, 9.17) is 9.47 Å².